The number of aliphatic hydroxyl groups excluding tert-OH is 1. The Bertz CT molecular complexity index is 1340. The average Bonchev–Trinajstić information content (AvgIpc) is 3.28. The Labute approximate surface area is 207 Å². The number of anilines is 1. The normalized spacial score (nSPS) is 19.3. The van der Waals surface area contributed by atoms with Crippen molar-refractivity contribution in [3.8, 4) is 0 Å². The first-order valence-corrected chi connectivity index (χ1v) is 11.8. The molecule has 0 bridgehead atoms. The maximum absolute atomic E-state index is 13.5. The van der Waals surface area contributed by atoms with Crippen LogP contribution in [0.2, 0.25) is 5.02 Å². The lowest BCUT2D eigenvalue weighted by molar-refractivity contribution is -0.139. The van der Waals surface area contributed by atoms with Crippen LogP contribution in [0.5, 0.6) is 0 Å². The third-order valence-corrected chi connectivity index (χ3v) is 6.84. The number of benzene rings is 1. The summed E-state index contributed by atoms with van der Waals surface area (Å²) in [4.78, 5) is 18.9. The fourth-order valence-corrected chi connectivity index (χ4v) is 4.91. The molecule has 2 unspecified atom stereocenters. The predicted octanol–water partition coefficient (Wildman–Crippen LogP) is 4.05. The van der Waals surface area contributed by atoms with Gasteiger partial charge in [-0.1, -0.05) is 17.7 Å². The van der Waals surface area contributed by atoms with Crippen LogP contribution in [0.1, 0.15) is 54.2 Å². The summed E-state index contributed by atoms with van der Waals surface area (Å²) in [6.07, 6.45) is -1.67. The van der Waals surface area contributed by atoms with Gasteiger partial charge in [-0.25, -0.2) is 9.37 Å². The monoisotopic (exact) mass is 527 g/mol. The number of halogens is 5. The maximum atomic E-state index is 13.5. The molecule has 3 aromatic rings. The van der Waals surface area contributed by atoms with Crippen molar-refractivity contribution in [2.24, 2.45) is 0 Å². The summed E-state index contributed by atoms with van der Waals surface area (Å²) >= 11 is 6.41. The predicted molar refractivity (Wildman–Crippen MR) is 121 cm³/mol. The zero-order valence-corrected chi connectivity index (χ0v) is 19.6. The molecule has 2 atom stereocenters. The molecule has 1 N–H and O–H groups in total. The number of alkyl halides is 3. The van der Waals surface area contributed by atoms with Crippen molar-refractivity contribution in [3.63, 3.8) is 0 Å². The highest BCUT2D eigenvalue weighted by molar-refractivity contribution is 6.33. The number of ether oxygens (including phenoxy) is 1. The minimum Gasteiger partial charge on any atom is -0.382 e. The molecule has 0 saturated carbocycles. The Balaban J connectivity index is 1.41. The molecule has 8 nitrogen and oxygen atoms in total. The number of hydrogen-bond donors (Lipinski definition) is 1. The summed E-state index contributed by atoms with van der Waals surface area (Å²) < 4.78 is 62.4. The molecule has 1 saturated heterocycles. The van der Waals surface area contributed by atoms with Gasteiger partial charge in [-0.3, -0.25) is 4.79 Å². The smallest absolute Gasteiger partial charge is 0.382 e. The van der Waals surface area contributed by atoms with E-state index in [4.69, 9.17) is 16.3 Å². The Morgan fingerprint density at radius 3 is 2.72 bits per heavy atom. The second kappa shape index (κ2) is 9.49. The van der Waals surface area contributed by atoms with E-state index >= 15 is 0 Å². The van der Waals surface area contributed by atoms with Crippen molar-refractivity contribution in [2.45, 2.75) is 50.9 Å². The molecule has 36 heavy (non-hydrogen) atoms. The van der Waals surface area contributed by atoms with E-state index in [2.05, 4.69) is 10.1 Å². The quantitative estimate of drug-likeness (QED) is 0.515. The molecule has 0 radical (unpaired) electrons. The third-order valence-electron chi connectivity index (χ3n) is 6.48. The highest BCUT2D eigenvalue weighted by atomic mass is 35.5. The van der Waals surface area contributed by atoms with E-state index in [-0.39, 0.29) is 23.8 Å². The zero-order chi connectivity index (χ0) is 25.6. The van der Waals surface area contributed by atoms with Gasteiger partial charge in [0.1, 0.15) is 22.8 Å². The van der Waals surface area contributed by atoms with Gasteiger partial charge in [-0.15, -0.1) is 0 Å². The summed E-state index contributed by atoms with van der Waals surface area (Å²) in [5, 5.41) is 15.0. The highest BCUT2D eigenvalue weighted by Crippen LogP contribution is 2.38. The minimum absolute atomic E-state index is 0.0134. The van der Waals surface area contributed by atoms with Gasteiger partial charge in [-0.2, -0.15) is 23.0 Å². The Morgan fingerprint density at radius 2 is 2.00 bits per heavy atom. The van der Waals surface area contributed by atoms with Crippen molar-refractivity contribution >= 4 is 17.3 Å². The van der Waals surface area contributed by atoms with Gasteiger partial charge < -0.3 is 19.3 Å². The van der Waals surface area contributed by atoms with Crippen LogP contribution in [0, 0.1) is 5.82 Å². The van der Waals surface area contributed by atoms with Gasteiger partial charge in [0, 0.05) is 19.7 Å². The standard InChI is InChI=1S/C23H22ClF4N5O3/c24-20-16(11-30-33(22(20)35)19-3-1-2-8-36-19)31-6-7-32-17(10-29-18(32)12-31)21(34)14-5-4-13(25)9-15(14)23(26,27)28/h4-5,9-11,19,21,34H,1-3,6-8,12H2. The molecule has 4 heterocycles. The van der Waals surface area contributed by atoms with Crippen molar-refractivity contribution in [3.05, 3.63) is 74.4 Å². The number of rotatable bonds is 4. The molecule has 192 valence electrons. The highest BCUT2D eigenvalue weighted by Gasteiger charge is 2.37. The van der Waals surface area contributed by atoms with Crippen LogP contribution >= 0.6 is 11.6 Å². The lowest BCUT2D eigenvalue weighted by atomic mass is 9.99. The van der Waals surface area contributed by atoms with Crippen molar-refractivity contribution in [1.82, 2.24) is 19.3 Å². The molecule has 0 spiro atoms. The SMILES string of the molecule is O=c1c(Cl)c(N2CCn3c(C(O)c4ccc(F)cc4C(F)(F)F)cnc3C2)cnn1C1CCCCO1. The van der Waals surface area contributed by atoms with Crippen LogP contribution in [0.3, 0.4) is 0 Å². The third kappa shape index (κ3) is 4.48. The van der Waals surface area contributed by atoms with Gasteiger partial charge in [0.2, 0.25) is 0 Å². The summed E-state index contributed by atoms with van der Waals surface area (Å²) in [7, 11) is 0. The van der Waals surface area contributed by atoms with Gasteiger partial charge in [0.05, 0.1) is 35.9 Å². The Morgan fingerprint density at radius 1 is 1.19 bits per heavy atom. The van der Waals surface area contributed by atoms with Crippen LogP contribution < -0.4 is 10.5 Å². The first kappa shape index (κ1) is 24.7. The van der Waals surface area contributed by atoms with Crippen LogP contribution in [-0.2, 0) is 24.0 Å². The average molecular weight is 528 g/mol. The molecule has 0 amide bonds. The second-order valence-corrected chi connectivity index (χ2v) is 9.10. The van der Waals surface area contributed by atoms with E-state index in [1.807, 2.05) is 0 Å². The molecule has 2 aliphatic rings. The summed E-state index contributed by atoms with van der Waals surface area (Å²) in [5.74, 6) is -0.589. The molecular formula is C23H22ClF4N5O3. The van der Waals surface area contributed by atoms with Crippen molar-refractivity contribution < 1.29 is 27.4 Å². The first-order valence-electron chi connectivity index (χ1n) is 11.4. The molecule has 2 aliphatic heterocycles. The number of hydrogen-bond acceptors (Lipinski definition) is 6. The topological polar surface area (TPSA) is 85.4 Å². The molecule has 0 aliphatic carbocycles. The molecule has 13 heteroatoms. The van der Waals surface area contributed by atoms with Crippen LogP contribution in [-0.4, -0.2) is 37.6 Å². The van der Waals surface area contributed by atoms with Gasteiger partial charge in [0.15, 0.2) is 6.23 Å². The van der Waals surface area contributed by atoms with Crippen molar-refractivity contribution in [1.29, 1.82) is 0 Å². The van der Waals surface area contributed by atoms with E-state index in [0.717, 1.165) is 25.0 Å². The van der Waals surface area contributed by atoms with E-state index in [1.54, 1.807) is 9.47 Å². The fourth-order valence-electron chi connectivity index (χ4n) is 4.66. The summed E-state index contributed by atoms with van der Waals surface area (Å²) in [6.45, 7) is 1.33. The minimum atomic E-state index is -4.84. The molecule has 5 rings (SSSR count). The lowest BCUT2D eigenvalue weighted by Gasteiger charge is -2.31. The van der Waals surface area contributed by atoms with Gasteiger partial charge >= 0.3 is 6.18 Å². The van der Waals surface area contributed by atoms with Crippen LogP contribution in [0.4, 0.5) is 23.2 Å². The number of aliphatic hydroxyl groups is 1. The fraction of sp³-hybridized carbons (Fsp3) is 0.435. The van der Waals surface area contributed by atoms with Gasteiger partial charge in [-0.05, 0) is 37.0 Å². The van der Waals surface area contributed by atoms with Crippen molar-refractivity contribution in [2.75, 3.05) is 18.1 Å². The maximum Gasteiger partial charge on any atom is 0.416 e. The number of nitrogens with zero attached hydrogens (tertiary/aromatic N) is 5. The van der Waals surface area contributed by atoms with E-state index in [9.17, 15) is 27.5 Å². The molecule has 1 aromatic carbocycles. The van der Waals surface area contributed by atoms with Gasteiger partial charge in [0.25, 0.3) is 5.56 Å². The van der Waals surface area contributed by atoms with E-state index < -0.39 is 41.0 Å². The number of imidazole rings is 1. The van der Waals surface area contributed by atoms with Crippen LogP contribution in [0.15, 0.2) is 35.4 Å². The van der Waals surface area contributed by atoms with Crippen LogP contribution in [0.25, 0.3) is 0 Å². The Hall–Kier alpha value is -2.96. The first-order chi connectivity index (χ1) is 17.1. The lowest BCUT2D eigenvalue weighted by Crippen LogP contribution is -2.37. The number of fused-ring (bicyclic) bond motifs is 1. The molecule has 1 fully saturated rings. The summed E-state index contributed by atoms with van der Waals surface area (Å²) in [5.41, 5.74) is -1.63. The molecular weight excluding hydrogens is 506 g/mol. The summed E-state index contributed by atoms with van der Waals surface area (Å²) in [6, 6.07) is 2.16. The largest absolute Gasteiger partial charge is 0.416 e. The molecule has 2 aromatic heterocycles. The second-order valence-electron chi connectivity index (χ2n) is 8.72. The Kier molecular flexibility index (Phi) is 6.52. The zero-order valence-electron chi connectivity index (χ0n) is 18.9. The van der Waals surface area contributed by atoms with E-state index in [1.165, 1.54) is 17.1 Å². The number of aromatic nitrogens is 4. The van der Waals surface area contributed by atoms with E-state index in [0.29, 0.717) is 37.2 Å².